The fourth-order valence-electron chi connectivity index (χ4n) is 0. The standard InChI is InChI=1S/BO3.Ca.Fe/c2-1(3)4;;/q-3;;+3. The maximum Gasteiger partial charge on any atom is 3.00 e. The fraction of sp³-hybridized carbons (Fsp3) is 0. The maximum absolute atomic E-state index is 8.42. The zero-order valence-electron chi connectivity index (χ0n) is 2.86. The molecule has 3 radical (unpaired) electrons. The topological polar surface area (TPSA) is 69.2 Å². The third kappa shape index (κ3) is 43.0. The Morgan fingerprint density at radius 3 is 1.00 bits per heavy atom. The molecule has 0 unspecified atom stereocenters. The van der Waals surface area contributed by atoms with Crippen molar-refractivity contribution in [3.63, 3.8) is 0 Å². The molecule has 0 fully saturated rings. The molecule has 0 heterocycles. The van der Waals surface area contributed by atoms with Gasteiger partial charge in [-0.05, 0) is 0 Å². The predicted molar refractivity (Wildman–Crippen MR) is 11.5 cm³/mol. The monoisotopic (exact) mass is 155 g/mol. The van der Waals surface area contributed by atoms with Crippen molar-refractivity contribution in [2.45, 2.75) is 0 Å². The summed E-state index contributed by atoms with van der Waals surface area (Å²) in [6.07, 6.45) is 0. The van der Waals surface area contributed by atoms with Crippen molar-refractivity contribution in [1.82, 2.24) is 0 Å². The van der Waals surface area contributed by atoms with Gasteiger partial charge in [0.1, 0.15) is 0 Å². The summed E-state index contributed by atoms with van der Waals surface area (Å²) in [5, 5.41) is 25.2. The summed E-state index contributed by atoms with van der Waals surface area (Å²) in [4.78, 5) is 0. The Labute approximate surface area is 76.4 Å². The maximum atomic E-state index is 8.42. The van der Waals surface area contributed by atoms with Gasteiger partial charge in [-0.2, -0.15) is 0 Å². The van der Waals surface area contributed by atoms with E-state index in [1.165, 1.54) is 0 Å². The smallest absolute Gasteiger partial charge is 0.907 e. The third-order valence-corrected chi connectivity index (χ3v) is 0. The predicted octanol–water partition coefficient (Wildman–Crippen LogP) is -4.33. The number of hydrogen-bond acceptors (Lipinski definition) is 3. The minimum Gasteiger partial charge on any atom is -0.907 e. The van der Waals surface area contributed by atoms with Crippen LogP contribution in [0, 0.1) is 0 Å². The van der Waals surface area contributed by atoms with E-state index in [0.29, 0.717) is 0 Å². The average Bonchev–Trinajstić information content (AvgIpc) is 0.811. The summed E-state index contributed by atoms with van der Waals surface area (Å²) in [7, 11) is -2.92. The first-order chi connectivity index (χ1) is 1.73. The van der Waals surface area contributed by atoms with Crippen molar-refractivity contribution >= 4 is 45.1 Å². The average molecular weight is 155 g/mol. The van der Waals surface area contributed by atoms with Gasteiger partial charge in [-0.25, -0.2) is 0 Å². The van der Waals surface area contributed by atoms with Crippen LogP contribution in [0.25, 0.3) is 0 Å². The molecule has 0 bridgehead atoms. The van der Waals surface area contributed by atoms with Gasteiger partial charge in [-0.3, -0.25) is 7.32 Å². The summed E-state index contributed by atoms with van der Waals surface area (Å²) >= 11 is 0. The van der Waals surface area contributed by atoms with E-state index in [9.17, 15) is 0 Å². The first-order valence-electron chi connectivity index (χ1n) is 0.707. The van der Waals surface area contributed by atoms with Gasteiger partial charge >= 0.3 is 17.1 Å². The summed E-state index contributed by atoms with van der Waals surface area (Å²) < 4.78 is 0. The van der Waals surface area contributed by atoms with Gasteiger partial charge in [0.2, 0.25) is 0 Å². The Bertz CT molecular complexity index is 15.5. The molecule has 0 aliphatic carbocycles. The fourth-order valence-corrected chi connectivity index (χ4v) is 0. The molecule has 0 atom stereocenters. The molecule has 0 aliphatic rings. The van der Waals surface area contributed by atoms with E-state index in [-0.39, 0.29) is 54.8 Å². The minimum atomic E-state index is -2.92. The van der Waals surface area contributed by atoms with E-state index in [4.69, 9.17) is 15.1 Å². The number of rotatable bonds is 0. The van der Waals surface area contributed by atoms with Gasteiger partial charge in [0.25, 0.3) is 0 Å². The van der Waals surface area contributed by atoms with E-state index >= 15 is 0 Å². The molecule has 0 N–H and O–H groups in total. The van der Waals surface area contributed by atoms with Crippen LogP contribution in [0.2, 0.25) is 0 Å². The first kappa shape index (κ1) is 15.6. The molecular weight excluding hydrogens is 155 g/mol. The molecule has 0 saturated carbocycles. The van der Waals surface area contributed by atoms with Crippen LogP contribution in [-0.2, 0) is 17.1 Å². The van der Waals surface area contributed by atoms with Gasteiger partial charge in [0.05, 0.1) is 0 Å². The Kier molecular flexibility index (Phi) is 25.7. The molecule has 0 spiro atoms. The Hall–Kier alpha value is 1.72. The molecule has 0 saturated heterocycles. The van der Waals surface area contributed by atoms with E-state index in [0.717, 1.165) is 0 Å². The molecule has 31 valence electrons. The molecular formula is BCaFeO3. The van der Waals surface area contributed by atoms with Crippen LogP contribution < -0.4 is 15.1 Å². The number of hydrogen-bond donors (Lipinski definition) is 0. The van der Waals surface area contributed by atoms with Crippen molar-refractivity contribution in [3.05, 3.63) is 0 Å². The zero-order valence-corrected chi connectivity index (χ0v) is 6.18. The van der Waals surface area contributed by atoms with E-state index in [1.54, 1.807) is 0 Å². The van der Waals surface area contributed by atoms with E-state index in [2.05, 4.69) is 0 Å². The van der Waals surface area contributed by atoms with Crippen LogP contribution in [0.3, 0.4) is 0 Å². The summed E-state index contributed by atoms with van der Waals surface area (Å²) in [6, 6.07) is 0. The molecule has 6 heavy (non-hydrogen) atoms. The van der Waals surface area contributed by atoms with Gasteiger partial charge in [0.15, 0.2) is 0 Å². The van der Waals surface area contributed by atoms with Crippen LogP contribution in [0.1, 0.15) is 0 Å². The molecule has 6 heteroatoms. The quantitative estimate of drug-likeness (QED) is 0.332. The van der Waals surface area contributed by atoms with Gasteiger partial charge in [0, 0.05) is 37.7 Å². The largest absolute Gasteiger partial charge is 3.00 e. The second-order valence-corrected chi connectivity index (χ2v) is 0.289. The van der Waals surface area contributed by atoms with Gasteiger partial charge in [-0.1, -0.05) is 0 Å². The van der Waals surface area contributed by atoms with E-state index in [1.807, 2.05) is 0 Å². The van der Waals surface area contributed by atoms with E-state index < -0.39 is 7.32 Å². The molecule has 3 nitrogen and oxygen atoms in total. The SMILES string of the molecule is [Ca].[Fe+3].[O-]B([O-])[O-]. The normalized spacial score (nSPS) is 4.50. The molecule has 0 aromatic carbocycles. The van der Waals surface area contributed by atoms with Crippen LogP contribution in [0.5, 0.6) is 0 Å². The van der Waals surface area contributed by atoms with Crippen LogP contribution >= 0.6 is 0 Å². The zero-order chi connectivity index (χ0) is 3.58. The van der Waals surface area contributed by atoms with Crippen LogP contribution in [0.4, 0.5) is 0 Å². The van der Waals surface area contributed by atoms with Gasteiger partial charge < -0.3 is 15.1 Å². The second-order valence-electron chi connectivity index (χ2n) is 0.289. The summed E-state index contributed by atoms with van der Waals surface area (Å²) in [6.45, 7) is 0. The van der Waals surface area contributed by atoms with Crippen molar-refractivity contribution in [1.29, 1.82) is 0 Å². The first-order valence-corrected chi connectivity index (χ1v) is 0.707. The third-order valence-electron chi connectivity index (χ3n) is 0. The Morgan fingerprint density at radius 2 is 1.00 bits per heavy atom. The van der Waals surface area contributed by atoms with Crippen molar-refractivity contribution in [2.24, 2.45) is 0 Å². The minimum absolute atomic E-state index is 0. The summed E-state index contributed by atoms with van der Waals surface area (Å²) in [5.41, 5.74) is 0. The molecule has 0 aromatic heterocycles. The molecule has 0 aromatic rings. The molecule has 0 aliphatic heterocycles. The van der Waals surface area contributed by atoms with Gasteiger partial charge in [-0.15, -0.1) is 0 Å². The van der Waals surface area contributed by atoms with Crippen molar-refractivity contribution < 1.29 is 32.1 Å². The Balaban J connectivity index is -0.0000000450. The van der Waals surface area contributed by atoms with Crippen LogP contribution in [0.15, 0.2) is 0 Å². The molecule has 0 amide bonds. The molecule has 0 rings (SSSR count). The van der Waals surface area contributed by atoms with Crippen molar-refractivity contribution in [3.8, 4) is 0 Å². The van der Waals surface area contributed by atoms with Crippen LogP contribution in [-0.4, -0.2) is 45.1 Å². The summed E-state index contributed by atoms with van der Waals surface area (Å²) in [5.74, 6) is 0. The Morgan fingerprint density at radius 1 is 1.00 bits per heavy atom. The van der Waals surface area contributed by atoms with Crippen molar-refractivity contribution in [2.75, 3.05) is 0 Å². The second kappa shape index (κ2) is 9.87.